The van der Waals surface area contributed by atoms with Gasteiger partial charge in [-0.15, -0.1) is 0 Å². The van der Waals surface area contributed by atoms with Crippen molar-refractivity contribution in [3.05, 3.63) is 71.8 Å². The van der Waals surface area contributed by atoms with E-state index in [4.69, 9.17) is 18.9 Å². The Morgan fingerprint density at radius 3 is 1.57 bits per heavy atom. The molecular weight excluding hydrogens is 504 g/mol. The third-order valence-corrected chi connectivity index (χ3v) is 8.03. The molecule has 0 radical (unpaired) electrons. The minimum absolute atomic E-state index is 0.106. The Bertz CT molecular complexity index is 960. The van der Waals surface area contributed by atoms with Crippen molar-refractivity contribution in [1.29, 1.82) is 0 Å². The van der Waals surface area contributed by atoms with Crippen molar-refractivity contribution in [3.8, 4) is 0 Å². The van der Waals surface area contributed by atoms with Crippen LogP contribution in [-0.2, 0) is 41.8 Å². The van der Waals surface area contributed by atoms with Gasteiger partial charge in [0.25, 0.3) is 0 Å². The molecule has 0 N–H and O–H groups in total. The number of rotatable bonds is 6. The summed E-state index contributed by atoms with van der Waals surface area (Å²) in [6.45, 7) is 2.43. The van der Waals surface area contributed by atoms with Crippen molar-refractivity contribution < 1.29 is 28.5 Å². The van der Waals surface area contributed by atoms with Crippen molar-refractivity contribution in [2.75, 3.05) is 0 Å². The standard InChI is InChI=1S/C34H46O6/c1-27-18-12-8-6-4-2-3-5-7-9-17-23-34(24-27)39-30(32(35)37-25-28-19-13-10-14-20-28)31(40-34)33(36)38-26-29-21-15-11-16-22-29/h10-11,13-16,19-22,27,30-31H,2-9,12,17-18,23-26H2,1H3/t27?,30-,31-/m1/s1. The molecule has 0 bridgehead atoms. The smallest absolute Gasteiger partial charge is 0.339 e. The van der Waals surface area contributed by atoms with Crippen LogP contribution >= 0.6 is 0 Å². The lowest BCUT2D eigenvalue weighted by molar-refractivity contribution is -0.202. The third-order valence-electron chi connectivity index (χ3n) is 8.03. The first-order chi connectivity index (χ1) is 19.5. The molecule has 0 amide bonds. The van der Waals surface area contributed by atoms with Crippen LogP contribution in [0.25, 0.3) is 0 Å². The van der Waals surface area contributed by atoms with Crippen molar-refractivity contribution >= 4 is 11.9 Å². The number of esters is 2. The van der Waals surface area contributed by atoms with Crippen LogP contribution in [-0.4, -0.2) is 29.9 Å². The van der Waals surface area contributed by atoms with Crippen molar-refractivity contribution in [3.63, 3.8) is 0 Å². The SMILES string of the molecule is CC1CCCCCCCCCCCCC2(C1)O[C@@H](C(=O)OCc1ccccc1)[C@H](C(=O)OCc1ccccc1)O2. The van der Waals surface area contributed by atoms with E-state index in [1.165, 1.54) is 51.4 Å². The molecule has 2 aliphatic rings. The Morgan fingerprint density at radius 2 is 1.10 bits per heavy atom. The molecule has 0 aromatic heterocycles. The highest BCUT2D eigenvalue weighted by Crippen LogP contribution is 2.40. The van der Waals surface area contributed by atoms with Crippen LogP contribution in [0.3, 0.4) is 0 Å². The van der Waals surface area contributed by atoms with Crippen molar-refractivity contribution in [2.24, 2.45) is 5.92 Å². The minimum Gasteiger partial charge on any atom is -0.459 e. The minimum atomic E-state index is -1.17. The molecule has 6 nitrogen and oxygen atoms in total. The molecule has 1 saturated heterocycles. The summed E-state index contributed by atoms with van der Waals surface area (Å²) in [4.78, 5) is 26.8. The van der Waals surface area contributed by atoms with Crippen LogP contribution in [0.4, 0.5) is 0 Å². The average Bonchev–Trinajstić information content (AvgIpc) is 3.35. The van der Waals surface area contributed by atoms with E-state index in [9.17, 15) is 9.59 Å². The summed E-state index contributed by atoms with van der Waals surface area (Å²) in [5.41, 5.74) is 1.74. The molecule has 2 fully saturated rings. The summed E-state index contributed by atoms with van der Waals surface area (Å²) >= 11 is 0. The Labute approximate surface area is 239 Å². The van der Waals surface area contributed by atoms with Gasteiger partial charge in [-0.25, -0.2) is 9.59 Å². The van der Waals surface area contributed by atoms with Gasteiger partial charge in [-0.1, -0.05) is 132 Å². The van der Waals surface area contributed by atoms with E-state index >= 15 is 0 Å². The molecule has 1 aliphatic carbocycles. The molecule has 6 heteroatoms. The first-order valence-electron chi connectivity index (χ1n) is 15.3. The van der Waals surface area contributed by atoms with Gasteiger partial charge in [0.05, 0.1) is 0 Å². The van der Waals surface area contributed by atoms with Gasteiger partial charge in [-0.3, -0.25) is 0 Å². The van der Waals surface area contributed by atoms with Crippen LogP contribution < -0.4 is 0 Å². The van der Waals surface area contributed by atoms with Gasteiger partial charge in [0.2, 0.25) is 0 Å². The average molecular weight is 551 g/mol. The van der Waals surface area contributed by atoms with Crippen molar-refractivity contribution in [1.82, 2.24) is 0 Å². The molecule has 1 spiro atoms. The lowest BCUT2D eigenvalue weighted by Crippen LogP contribution is -2.39. The second kappa shape index (κ2) is 15.9. The summed E-state index contributed by atoms with van der Waals surface area (Å²) in [5.74, 6) is -1.85. The highest BCUT2D eigenvalue weighted by Gasteiger charge is 2.54. The van der Waals surface area contributed by atoms with Gasteiger partial charge >= 0.3 is 11.9 Å². The molecule has 4 rings (SSSR count). The number of benzene rings is 2. The molecule has 1 unspecified atom stereocenters. The third kappa shape index (κ3) is 9.45. The number of hydrogen-bond acceptors (Lipinski definition) is 6. The number of ether oxygens (including phenoxy) is 4. The zero-order valence-corrected chi connectivity index (χ0v) is 24.1. The molecular formula is C34H46O6. The van der Waals surface area contributed by atoms with E-state index in [2.05, 4.69) is 6.92 Å². The maximum Gasteiger partial charge on any atom is 0.339 e. The van der Waals surface area contributed by atoms with Gasteiger partial charge in [0.1, 0.15) is 13.2 Å². The molecule has 40 heavy (non-hydrogen) atoms. The first kappa shape index (κ1) is 30.3. The van der Waals surface area contributed by atoms with Gasteiger partial charge < -0.3 is 18.9 Å². The van der Waals surface area contributed by atoms with E-state index in [1.54, 1.807) is 0 Å². The fourth-order valence-corrected chi connectivity index (χ4v) is 5.83. The fraction of sp³-hybridized carbons (Fsp3) is 0.588. The van der Waals surface area contributed by atoms with E-state index < -0.39 is 29.9 Å². The van der Waals surface area contributed by atoms with Gasteiger partial charge in [0, 0.05) is 12.8 Å². The molecule has 2 aromatic rings. The topological polar surface area (TPSA) is 71.1 Å². The molecule has 1 saturated carbocycles. The first-order valence-corrected chi connectivity index (χ1v) is 15.3. The molecule has 218 valence electrons. The number of hydrogen-bond donors (Lipinski definition) is 0. The van der Waals surface area contributed by atoms with Crippen LogP contribution in [0.5, 0.6) is 0 Å². The second-order valence-electron chi connectivity index (χ2n) is 11.6. The molecule has 1 heterocycles. The monoisotopic (exact) mass is 550 g/mol. The predicted octanol–water partition coefficient (Wildman–Crippen LogP) is 7.67. The Hall–Kier alpha value is -2.70. The summed E-state index contributed by atoms with van der Waals surface area (Å²) in [6.07, 6.45) is 12.1. The predicted molar refractivity (Wildman–Crippen MR) is 154 cm³/mol. The Balaban J connectivity index is 1.49. The van der Waals surface area contributed by atoms with Crippen LogP contribution in [0.15, 0.2) is 60.7 Å². The van der Waals surface area contributed by atoms with Crippen LogP contribution in [0, 0.1) is 5.92 Å². The highest BCUT2D eigenvalue weighted by atomic mass is 16.8. The van der Waals surface area contributed by atoms with E-state index in [1.807, 2.05) is 60.7 Å². The highest BCUT2D eigenvalue weighted by molar-refractivity contribution is 5.86. The zero-order valence-electron chi connectivity index (χ0n) is 24.1. The summed E-state index contributed by atoms with van der Waals surface area (Å²) in [6, 6.07) is 19.0. The van der Waals surface area contributed by atoms with Gasteiger partial charge in [-0.05, 0) is 23.5 Å². The maximum absolute atomic E-state index is 13.4. The normalized spacial score (nSPS) is 24.5. The largest absolute Gasteiger partial charge is 0.459 e. The number of carbonyl (C=O) groups is 2. The summed E-state index contributed by atoms with van der Waals surface area (Å²) < 4.78 is 24.3. The van der Waals surface area contributed by atoms with Gasteiger partial charge in [-0.2, -0.15) is 0 Å². The van der Waals surface area contributed by atoms with Crippen molar-refractivity contribution in [2.45, 2.75) is 122 Å². The summed E-state index contributed by atoms with van der Waals surface area (Å²) in [5, 5.41) is 0. The van der Waals surface area contributed by atoms with Gasteiger partial charge in [0.15, 0.2) is 18.0 Å². The molecule has 2 aromatic carbocycles. The van der Waals surface area contributed by atoms with E-state index in [-0.39, 0.29) is 13.2 Å². The summed E-state index contributed by atoms with van der Waals surface area (Å²) in [7, 11) is 0. The molecule has 1 aliphatic heterocycles. The van der Waals surface area contributed by atoms with E-state index in [0.29, 0.717) is 18.8 Å². The number of carbonyl (C=O) groups excluding carboxylic acids is 2. The van der Waals surface area contributed by atoms with E-state index in [0.717, 1.165) is 30.4 Å². The van der Waals surface area contributed by atoms with Crippen LogP contribution in [0.1, 0.15) is 102 Å². The quantitative estimate of drug-likeness (QED) is 0.344. The Kier molecular flexibility index (Phi) is 12.0. The lowest BCUT2D eigenvalue weighted by Gasteiger charge is -2.31. The van der Waals surface area contributed by atoms with Crippen LogP contribution in [0.2, 0.25) is 0 Å². The lowest BCUT2D eigenvalue weighted by atomic mass is 9.92. The second-order valence-corrected chi connectivity index (χ2v) is 11.6. The Morgan fingerprint density at radius 1 is 0.675 bits per heavy atom. The zero-order chi connectivity index (χ0) is 28.0. The molecule has 3 atom stereocenters. The fourth-order valence-electron chi connectivity index (χ4n) is 5.83. The maximum atomic E-state index is 13.4.